The number of benzene rings is 1. The van der Waals surface area contributed by atoms with Crippen LogP contribution in [0, 0.1) is 0 Å². The Morgan fingerprint density at radius 1 is 1.23 bits per heavy atom. The highest BCUT2D eigenvalue weighted by atomic mass is 32.1. The van der Waals surface area contributed by atoms with Crippen LogP contribution in [0.3, 0.4) is 0 Å². The number of hydrogen-bond donors (Lipinski definition) is 2. The van der Waals surface area contributed by atoms with Gasteiger partial charge in [0.05, 0.1) is 6.54 Å². The number of para-hydroxylation sites is 2. The van der Waals surface area contributed by atoms with Crippen molar-refractivity contribution in [2.24, 2.45) is 0 Å². The molecule has 1 amide bonds. The summed E-state index contributed by atoms with van der Waals surface area (Å²) in [5.41, 5.74) is 0.962. The van der Waals surface area contributed by atoms with E-state index >= 15 is 0 Å². The first-order valence-electron chi connectivity index (χ1n) is 8.17. The lowest BCUT2D eigenvalue weighted by Gasteiger charge is -2.25. The molecule has 6 nitrogen and oxygen atoms in total. The Hall–Kier alpha value is -2.77. The number of hydrogen-bond acceptors (Lipinski definition) is 6. The predicted octanol–water partition coefficient (Wildman–Crippen LogP) is 3.00. The molecule has 0 bridgehead atoms. The molecule has 4 rings (SSSR count). The van der Waals surface area contributed by atoms with Gasteiger partial charge in [-0.2, -0.15) is 11.3 Å². The predicted molar refractivity (Wildman–Crippen MR) is 96.3 cm³/mol. The van der Waals surface area contributed by atoms with Gasteiger partial charge in [-0.1, -0.05) is 12.1 Å². The van der Waals surface area contributed by atoms with Crippen molar-refractivity contribution in [1.82, 2.24) is 5.32 Å². The minimum Gasteiger partial charge on any atom is -0.485 e. The number of aliphatic hydroxyl groups is 1. The van der Waals surface area contributed by atoms with Crippen LogP contribution in [-0.2, 0) is 4.79 Å². The molecule has 2 N–H and O–H groups in total. The van der Waals surface area contributed by atoms with E-state index in [4.69, 9.17) is 13.9 Å². The fourth-order valence-corrected chi connectivity index (χ4v) is 3.30. The van der Waals surface area contributed by atoms with Crippen molar-refractivity contribution in [2.75, 3.05) is 13.2 Å². The van der Waals surface area contributed by atoms with Gasteiger partial charge in [0, 0.05) is 10.9 Å². The molecule has 26 heavy (non-hydrogen) atoms. The summed E-state index contributed by atoms with van der Waals surface area (Å²) in [5, 5.41) is 16.9. The van der Waals surface area contributed by atoms with Gasteiger partial charge < -0.3 is 24.3 Å². The summed E-state index contributed by atoms with van der Waals surface area (Å²) < 4.78 is 16.8. The van der Waals surface area contributed by atoms with E-state index in [0.29, 0.717) is 23.0 Å². The number of amides is 1. The van der Waals surface area contributed by atoms with Crippen LogP contribution in [0.1, 0.15) is 11.9 Å². The van der Waals surface area contributed by atoms with E-state index in [1.165, 1.54) is 0 Å². The second-order valence-electron chi connectivity index (χ2n) is 5.84. The maximum absolute atomic E-state index is 12.3. The van der Waals surface area contributed by atoms with Crippen LogP contribution >= 0.6 is 11.3 Å². The number of thiophene rings is 1. The average Bonchev–Trinajstić information content (AvgIpc) is 3.36. The molecule has 0 fully saturated rings. The average molecular weight is 371 g/mol. The molecule has 134 valence electrons. The van der Waals surface area contributed by atoms with Crippen LogP contribution in [-0.4, -0.2) is 30.3 Å². The molecule has 1 aliphatic rings. The van der Waals surface area contributed by atoms with E-state index in [0.717, 1.165) is 5.56 Å². The molecule has 0 saturated heterocycles. The van der Waals surface area contributed by atoms with E-state index in [-0.39, 0.29) is 19.1 Å². The number of aliphatic hydroxyl groups excluding tert-OH is 1. The first-order chi connectivity index (χ1) is 12.7. The van der Waals surface area contributed by atoms with Gasteiger partial charge in [0.15, 0.2) is 11.5 Å². The lowest BCUT2D eigenvalue weighted by molar-refractivity contribution is -0.130. The molecule has 3 aromatic rings. The van der Waals surface area contributed by atoms with Gasteiger partial charge in [0.25, 0.3) is 5.91 Å². The summed E-state index contributed by atoms with van der Waals surface area (Å²) in [5.74, 6) is 1.90. The quantitative estimate of drug-likeness (QED) is 0.721. The topological polar surface area (TPSA) is 80.9 Å². The summed E-state index contributed by atoms with van der Waals surface area (Å²) in [6.45, 7) is 0.152. The first-order valence-corrected chi connectivity index (χ1v) is 9.11. The number of nitrogens with one attached hydrogen (secondary N) is 1. The molecule has 3 heterocycles. The van der Waals surface area contributed by atoms with Crippen molar-refractivity contribution in [3.8, 4) is 22.8 Å². The third-order valence-electron chi connectivity index (χ3n) is 4.03. The molecule has 0 saturated carbocycles. The summed E-state index contributed by atoms with van der Waals surface area (Å²) in [7, 11) is 0. The largest absolute Gasteiger partial charge is 0.485 e. The fourth-order valence-electron chi connectivity index (χ4n) is 2.65. The van der Waals surface area contributed by atoms with E-state index in [1.54, 1.807) is 35.6 Å². The smallest absolute Gasteiger partial charge is 0.264 e. The normalized spacial score (nSPS) is 16.9. The van der Waals surface area contributed by atoms with Crippen LogP contribution in [0.25, 0.3) is 11.3 Å². The number of carbonyl (C=O) groups excluding carboxylic acids is 1. The highest BCUT2D eigenvalue weighted by Gasteiger charge is 2.27. The third-order valence-corrected chi connectivity index (χ3v) is 4.71. The second kappa shape index (κ2) is 7.23. The number of rotatable bonds is 5. The van der Waals surface area contributed by atoms with Gasteiger partial charge in [0.1, 0.15) is 24.2 Å². The molecular formula is C19H17NO5S. The van der Waals surface area contributed by atoms with Gasteiger partial charge in [-0.25, -0.2) is 0 Å². The van der Waals surface area contributed by atoms with Gasteiger partial charge in [-0.05, 0) is 35.7 Å². The zero-order chi connectivity index (χ0) is 17.9. The Morgan fingerprint density at radius 2 is 2.08 bits per heavy atom. The van der Waals surface area contributed by atoms with Gasteiger partial charge >= 0.3 is 0 Å². The zero-order valence-electron chi connectivity index (χ0n) is 13.8. The highest BCUT2D eigenvalue weighted by Crippen LogP contribution is 2.31. The van der Waals surface area contributed by atoms with Crippen molar-refractivity contribution >= 4 is 17.2 Å². The minimum atomic E-state index is -0.942. The van der Waals surface area contributed by atoms with Gasteiger partial charge in [-0.15, -0.1) is 0 Å². The SMILES string of the molecule is O=C(NC[C@@H](O)c1ccc(-c2ccsc2)o1)[C@H]1COc2ccccc2O1. The third kappa shape index (κ3) is 3.44. The monoisotopic (exact) mass is 371 g/mol. The Bertz CT molecular complexity index is 889. The molecule has 0 aliphatic carbocycles. The molecule has 7 heteroatoms. The van der Waals surface area contributed by atoms with Crippen molar-refractivity contribution in [2.45, 2.75) is 12.2 Å². The highest BCUT2D eigenvalue weighted by molar-refractivity contribution is 7.08. The maximum atomic E-state index is 12.3. The molecule has 2 aromatic heterocycles. The Kier molecular flexibility index (Phi) is 4.64. The lowest BCUT2D eigenvalue weighted by atomic mass is 10.2. The van der Waals surface area contributed by atoms with E-state index in [1.807, 2.05) is 29.0 Å². The molecule has 0 spiro atoms. The molecule has 1 aliphatic heterocycles. The van der Waals surface area contributed by atoms with Crippen LogP contribution in [0.15, 0.2) is 57.6 Å². The van der Waals surface area contributed by atoms with Gasteiger partial charge in [-0.3, -0.25) is 4.79 Å². The summed E-state index contributed by atoms with van der Waals surface area (Å²) >= 11 is 1.57. The van der Waals surface area contributed by atoms with Crippen LogP contribution in [0.5, 0.6) is 11.5 Å². The van der Waals surface area contributed by atoms with Crippen molar-refractivity contribution < 1.29 is 23.8 Å². The maximum Gasteiger partial charge on any atom is 0.264 e. The standard InChI is InChI=1S/C19H17NO5S/c21-13(15-6-5-14(24-15)12-7-8-26-11-12)9-20-19(22)18-10-23-16-3-1-2-4-17(16)25-18/h1-8,11,13,18,21H,9-10H2,(H,20,22)/t13-,18-/m1/s1. The molecule has 0 radical (unpaired) electrons. The molecule has 1 aromatic carbocycles. The number of fused-ring (bicyclic) bond motifs is 1. The van der Waals surface area contributed by atoms with Crippen LogP contribution < -0.4 is 14.8 Å². The number of furan rings is 1. The summed E-state index contributed by atoms with van der Waals surface area (Å²) in [6.07, 6.45) is -1.70. The molecule has 0 unspecified atom stereocenters. The minimum absolute atomic E-state index is 0.0247. The lowest BCUT2D eigenvalue weighted by Crippen LogP contribution is -2.45. The first kappa shape index (κ1) is 16.7. The van der Waals surface area contributed by atoms with E-state index in [2.05, 4.69) is 5.32 Å². The van der Waals surface area contributed by atoms with E-state index in [9.17, 15) is 9.90 Å². The molecular weight excluding hydrogens is 354 g/mol. The van der Waals surface area contributed by atoms with Crippen LogP contribution in [0.2, 0.25) is 0 Å². The Balaban J connectivity index is 1.33. The summed E-state index contributed by atoms with van der Waals surface area (Å²) in [4.78, 5) is 12.3. The van der Waals surface area contributed by atoms with Crippen LogP contribution in [0.4, 0.5) is 0 Å². The fraction of sp³-hybridized carbons (Fsp3) is 0.211. The summed E-state index contributed by atoms with van der Waals surface area (Å²) in [6, 6.07) is 12.6. The van der Waals surface area contributed by atoms with Gasteiger partial charge in [0.2, 0.25) is 6.10 Å². The molecule has 2 atom stereocenters. The zero-order valence-corrected chi connectivity index (χ0v) is 14.6. The van der Waals surface area contributed by atoms with Crippen molar-refractivity contribution in [3.05, 3.63) is 59.0 Å². The number of ether oxygens (including phenoxy) is 2. The second-order valence-corrected chi connectivity index (χ2v) is 6.62. The Labute approximate surface area is 154 Å². The number of carbonyl (C=O) groups is 1. The van der Waals surface area contributed by atoms with Crippen molar-refractivity contribution in [1.29, 1.82) is 0 Å². The van der Waals surface area contributed by atoms with E-state index < -0.39 is 12.2 Å². The van der Waals surface area contributed by atoms with Crippen molar-refractivity contribution in [3.63, 3.8) is 0 Å². The Morgan fingerprint density at radius 3 is 2.88 bits per heavy atom.